The number of aromatic nitrogens is 1. The highest BCUT2D eigenvalue weighted by Gasteiger charge is 2.28. The fourth-order valence-corrected chi connectivity index (χ4v) is 2.11. The van der Waals surface area contributed by atoms with E-state index in [0.717, 1.165) is 0 Å². The number of fused-ring (bicyclic) bond motifs is 1. The number of aryl methyl sites for hydroxylation is 1. The van der Waals surface area contributed by atoms with E-state index < -0.39 is 5.78 Å². The number of nitrogens with zero attached hydrogens (tertiary/aromatic N) is 2. The maximum absolute atomic E-state index is 12.4. The highest BCUT2D eigenvalue weighted by atomic mass is 16.5. The molecule has 22 heavy (non-hydrogen) atoms. The van der Waals surface area contributed by atoms with Gasteiger partial charge >= 0.3 is 0 Å². The third kappa shape index (κ3) is 2.38. The smallest absolute Gasteiger partial charge is 0.247 e. The average molecular weight is 290 g/mol. The molecule has 106 valence electrons. The summed E-state index contributed by atoms with van der Waals surface area (Å²) in [6.07, 6.45) is 1.17. The van der Waals surface area contributed by atoms with Crippen LogP contribution in [-0.2, 0) is 0 Å². The summed E-state index contributed by atoms with van der Waals surface area (Å²) in [6.45, 7) is 1.75. The van der Waals surface area contributed by atoms with Crippen LogP contribution in [0, 0.1) is 18.3 Å². The van der Waals surface area contributed by atoms with Gasteiger partial charge in [-0.2, -0.15) is 5.26 Å². The van der Waals surface area contributed by atoms with Gasteiger partial charge < -0.3 is 4.74 Å². The number of pyridine rings is 1. The number of allylic oxidation sites excluding steroid dienone is 2. The van der Waals surface area contributed by atoms with Crippen molar-refractivity contribution in [2.75, 3.05) is 0 Å². The van der Waals surface area contributed by atoms with Gasteiger partial charge in [0.1, 0.15) is 11.4 Å². The maximum atomic E-state index is 12.4. The highest BCUT2D eigenvalue weighted by Crippen LogP contribution is 2.23. The van der Waals surface area contributed by atoms with Gasteiger partial charge in [-0.15, -0.1) is 0 Å². The summed E-state index contributed by atoms with van der Waals surface area (Å²) in [4.78, 5) is 28.6. The number of rotatable bonds is 2. The Labute approximate surface area is 126 Å². The van der Waals surface area contributed by atoms with Crippen molar-refractivity contribution < 1.29 is 14.3 Å². The Bertz CT molecular complexity index is 858. The summed E-state index contributed by atoms with van der Waals surface area (Å²) >= 11 is 0. The molecule has 2 aromatic rings. The second-order valence-corrected chi connectivity index (χ2v) is 4.79. The number of carbonyl (C=O) groups is 2. The van der Waals surface area contributed by atoms with E-state index in [9.17, 15) is 9.59 Å². The molecule has 0 unspecified atom stereocenters. The molecule has 0 amide bonds. The summed E-state index contributed by atoms with van der Waals surface area (Å²) < 4.78 is 5.48. The molecule has 0 saturated heterocycles. The first-order chi connectivity index (χ1) is 10.6. The lowest BCUT2D eigenvalue weighted by Crippen LogP contribution is -2.22. The summed E-state index contributed by atoms with van der Waals surface area (Å²) in [5.74, 6) is -0.434. The van der Waals surface area contributed by atoms with E-state index in [1.54, 1.807) is 43.3 Å². The largest absolute Gasteiger partial charge is 0.453 e. The molecule has 0 fully saturated rings. The van der Waals surface area contributed by atoms with Crippen molar-refractivity contribution in [3.63, 3.8) is 0 Å². The van der Waals surface area contributed by atoms with Crippen molar-refractivity contribution in [3.8, 4) is 11.8 Å². The predicted molar refractivity (Wildman–Crippen MR) is 77.5 cm³/mol. The molecule has 0 saturated carbocycles. The molecular weight excluding hydrogens is 280 g/mol. The van der Waals surface area contributed by atoms with E-state index in [2.05, 4.69) is 4.98 Å². The van der Waals surface area contributed by atoms with Gasteiger partial charge in [-0.25, -0.2) is 4.98 Å². The number of hydrogen-bond acceptors (Lipinski definition) is 5. The molecule has 0 N–H and O–H groups in total. The Morgan fingerprint density at radius 3 is 2.50 bits per heavy atom. The molecule has 1 aliphatic rings. The molecule has 0 aliphatic heterocycles. The fourth-order valence-electron chi connectivity index (χ4n) is 2.11. The predicted octanol–water partition coefficient (Wildman–Crippen LogP) is 2.60. The Morgan fingerprint density at radius 1 is 1.09 bits per heavy atom. The molecular formula is C17H10N2O3. The Kier molecular flexibility index (Phi) is 3.28. The lowest BCUT2D eigenvalue weighted by Gasteiger charge is -2.15. The van der Waals surface area contributed by atoms with Crippen molar-refractivity contribution >= 4 is 11.6 Å². The molecule has 5 heteroatoms. The number of Topliss-reactive ketones (excluding diaryl/α,β-unsaturated/α-hetero) is 1. The highest BCUT2D eigenvalue weighted by molar-refractivity contribution is 6.22. The topological polar surface area (TPSA) is 80.0 Å². The summed E-state index contributed by atoms with van der Waals surface area (Å²) in [5.41, 5.74) is 1.52. The van der Waals surface area contributed by atoms with Crippen LogP contribution in [0.25, 0.3) is 0 Å². The maximum Gasteiger partial charge on any atom is 0.247 e. The molecule has 0 bridgehead atoms. The number of ketones is 2. The van der Waals surface area contributed by atoms with Crippen molar-refractivity contribution in [3.05, 3.63) is 70.7 Å². The van der Waals surface area contributed by atoms with Crippen LogP contribution in [0.2, 0.25) is 0 Å². The van der Waals surface area contributed by atoms with Gasteiger partial charge in [0.15, 0.2) is 11.5 Å². The van der Waals surface area contributed by atoms with E-state index in [0.29, 0.717) is 17.0 Å². The number of benzene rings is 1. The van der Waals surface area contributed by atoms with Gasteiger partial charge in [0, 0.05) is 11.8 Å². The van der Waals surface area contributed by atoms with Crippen LogP contribution < -0.4 is 4.74 Å². The van der Waals surface area contributed by atoms with Crippen molar-refractivity contribution in [1.29, 1.82) is 5.26 Å². The quantitative estimate of drug-likeness (QED) is 0.849. The fraction of sp³-hybridized carbons (Fsp3) is 0.0588. The van der Waals surface area contributed by atoms with Crippen LogP contribution in [0.1, 0.15) is 32.1 Å². The monoisotopic (exact) mass is 290 g/mol. The molecule has 1 aliphatic carbocycles. The first-order valence-electron chi connectivity index (χ1n) is 6.55. The molecule has 0 atom stereocenters. The van der Waals surface area contributed by atoms with Crippen LogP contribution >= 0.6 is 0 Å². The number of carbonyl (C=O) groups excluding carboxylic acids is 2. The molecule has 5 nitrogen and oxygen atoms in total. The van der Waals surface area contributed by atoms with E-state index in [-0.39, 0.29) is 22.8 Å². The Hall–Kier alpha value is -3.26. The standard InChI is InChI=1S/C17H10N2O3/c1-10-2-7-13-14(20)8-15(17(21)16(13)19-10)22-12-5-3-11(9-18)4-6-12/h2-8H,1H3. The van der Waals surface area contributed by atoms with E-state index in [4.69, 9.17) is 10.00 Å². The molecule has 1 heterocycles. The van der Waals surface area contributed by atoms with Gasteiger partial charge in [-0.1, -0.05) is 0 Å². The van der Waals surface area contributed by atoms with Crippen LogP contribution in [0.3, 0.4) is 0 Å². The summed E-state index contributed by atoms with van der Waals surface area (Å²) in [7, 11) is 0. The van der Waals surface area contributed by atoms with Gasteiger partial charge in [-0.05, 0) is 43.3 Å². The lowest BCUT2D eigenvalue weighted by atomic mass is 9.98. The SMILES string of the molecule is Cc1ccc2c(n1)C(=O)C(Oc1ccc(C#N)cc1)=CC2=O. The Morgan fingerprint density at radius 2 is 1.82 bits per heavy atom. The number of nitriles is 1. The molecule has 0 radical (unpaired) electrons. The van der Waals surface area contributed by atoms with Crippen molar-refractivity contribution in [2.45, 2.75) is 6.92 Å². The normalized spacial score (nSPS) is 13.2. The summed E-state index contributed by atoms with van der Waals surface area (Å²) in [5, 5.41) is 8.75. The minimum Gasteiger partial charge on any atom is -0.453 e. The van der Waals surface area contributed by atoms with E-state index in [1.807, 2.05) is 6.07 Å². The van der Waals surface area contributed by atoms with E-state index >= 15 is 0 Å². The number of ether oxygens (including phenoxy) is 1. The average Bonchev–Trinajstić information content (AvgIpc) is 2.53. The van der Waals surface area contributed by atoms with Crippen LogP contribution in [0.5, 0.6) is 5.75 Å². The minimum absolute atomic E-state index is 0.0692. The molecule has 1 aromatic heterocycles. The third-order valence-electron chi connectivity index (χ3n) is 3.21. The second kappa shape index (κ2) is 5.26. The van der Waals surface area contributed by atoms with Gasteiger partial charge in [-0.3, -0.25) is 9.59 Å². The van der Waals surface area contributed by atoms with Crippen LogP contribution in [0.4, 0.5) is 0 Å². The zero-order chi connectivity index (χ0) is 15.7. The van der Waals surface area contributed by atoms with Gasteiger partial charge in [0.05, 0.1) is 17.2 Å². The minimum atomic E-state index is -0.428. The van der Waals surface area contributed by atoms with Crippen molar-refractivity contribution in [1.82, 2.24) is 4.98 Å². The third-order valence-corrected chi connectivity index (χ3v) is 3.21. The van der Waals surface area contributed by atoms with Crippen molar-refractivity contribution in [2.24, 2.45) is 0 Å². The van der Waals surface area contributed by atoms with Crippen LogP contribution in [0.15, 0.2) is 48.2 Å². The van der Waals surface area contributed by atoms with Gasteiger partial charge in [0.25, 0.3) is 0 Å². The first-order valence-corrected chi connectivity index (χ1v) is 6.55. The Balaban J connectivity index is 1.93. The first kappa shape index (κ1) is 13.7. The zero-order valence-electron chi connectivity index (χ0n) is 11.7. The summed E-state index contributed by atoms with van der Waals surface area (Å²) in [6, 6.07) is 11.5. The second-order valence-electron chi connectivity index (χ2n) is 4.79. The number of hydrogen-bond donors (Lipinski definition) is 0. The van der Waals surface area contributed by atoms with Gasteiger partial charge in [0.2, 0.25) is 5.78 Å². The van der Waals surface area contributed by atoms with E-state index in [1.165, 1.54) is 6.08 Å². The molecule has 0 spiro atoms. The molecule has 3 rings (SSSR count). The molecule has 1 aromatic carbocycles. The zero-order valence-corrected chi connectivity index (χ0v) is 11.7. The van der Waals surface area contributed by atoms with Crippen LogP contribution in [-0.4, -0.2) is 16.6 Å². The lowest BCUT2D eigenvalue weighted by molar-refractivity contribution is 0.0942.